The molecule has 0 aliphatic rings. The predicted molar refractivity (Wildman–Crippen MR) is 94.6 cm³/mol. The number of hydrogen-bond donors (Lipinski definition) is 1. The second-order valence-corrected chi connectivity index (χ2v) is 5.34. The Kier molecular flexibility index (Phi) is 7.53. The van der Waals surface area contributed by atoms with Gasteiger partial charge in [-0.05, 0) is 37.3 Å². The first kappa shape index (κ1) is 18.5. The van der Waals surface area contributed by atoms with E-state index in [-0.39, 0.29) is 19.8 Å². The molecule has 0 amide bonds. The summed E-state index contributed by atoms with van der Waals surface area (Å²) >= 11 is 0. The van der Waals surface area contributed by atoms with Gasteiger partial charge in [-0.3, -0.25) is 0 Å². The molecule has 0 aromatic heterocycles. The van der Waals surface area contributed by atoms with E-state index in [2.05, 4.69) is 0 Å². The summed E-state index contributed by atoms with van der Waals surface area (Å²) in [5.74, 6) is 0.892. The summed E-state index contributed by atoms with van der Waals surface area (Å²) in [5, 5.41) is 9.92. The Labute approximate surface area is 147 Å². The largest absolute Gasteiger partial charge is 0.491 e. The second-order valence-electron chi connectivity index (χ2n) is 5.34. The van der Waals surface area contributed by atoms with Crippen molar-refractivity contribution in [3.8, 4) is 11.5 Å². The lowest BCUT2D eigenvalue weighted by Gasteiger charge is -2.11. The fraction of sp³-hybridized carbons (Fsp3) is 0.250. The maximum absolute atomic E-state index is 11.9. The van der Waals surface area contributed by atoms with E-state index >= 15 is 0 Å². The molecule has 0 bridgehead atoms. The summed E-state index contributed by atoms with van der Waals surface area (Å²) in [6.45, 7) is 2.05. The molecule has 5 nitrogen and oxygen atoms in total. The second kappa shape index (κ2) is 10.2. The van der Waals surface area contributed by atoms with Gasteiger partial charge in [0.15, 0.2) is 0 Å². The highest BCUT2D eigenvalue weighted by molar-refractivity contribution is 5.87. The van der Waals surface area contributed by atoms with Gasteiger partial charge in [0.2, 0.25) is 0 Å². The number of benzene rings is 2. The molecule has 0 saturated heterocycles. The smallest absolute Gasteiger partial charge is 0.333 e. The van der Waals surface area contributed by atoms with Gasteiger partial charge in [-0.25, -0.2) is 4.79 Å². The highest BCUT2D eigenvalue weighted by Crippen LogP contribution is 2.10. The Hall–Kier alpha value is -2.79. The van der Waals surface area contributed by atoms with Gasteiger partial charge in [0, 0.05) is 5.57 Å². The molecule has 2 aromatic carbocycles. The quantitative estimate of drug-likeness (QED) is 0.431. The summed E-state index contributed by atoms with van der Waals surface area (Å²) in [5.41, 5.74) is 0.323. The normalized spacial score (nSPS) is 12.3. The minimum absolute atomic E-state index is 0.0613. The van der Waals surface area contributed by atoms with Gasteiger partial charge in [0.05, 0.1) is 0 Å². The van der Waals surface area contributed by atoms with Gasteiger partial charge in [0.1, 0.15) is 37.4 Å². The number of ether oxygens (including phenoxy) is 3. The standard InChI is InChI=1S/C20H22O5/c1-16(14-17(21)15-25-19-10-6-3-7-11-19)20(22)24-13-12-23-18-8-4-2-5-9-18/h2-11,14,17,21H,12-13,15H2,1H3. The molecule has 1 unspecified atom stereocenters. The maximum Gasteiger partial charge on any atom is 0.333 e. The number of rotatable bonds is 9. The van der Waals surface area contributed by atoms with E-state index in [1.807, 2.05) is 48.5 Å². The van der Waals surface area contributed by atoms with Gasteiger partial charge in [-0.2, -0.15) is 0 Å². The summed E-state index contributed by atoms with van der Waals surface area (Å²) in [7, 11) is 0. The Morgan fingerprint density at radius 1 is 0.960 bits per heavy atom. The lowest BCUT2D eigenvalue weighted by atomic mass is 10.2. The highest BCUT2D eigenvalue weighted by atomic mass is 16.6. The van der Waals surface area contributed by atoms with E-state index in [1.54, 1.807) is 19.1 Å². The van der Waals surface area contributed by atoms with Gasteiger partial charge in [-0.15, -0.1) is 0 Å². The van der Waals surface area contributed by atoms with Crippen LogP contribution in [0.25, 0.3) is 0 Å². The highest BCUT2D eigenvalue weighted by Gasteiger charge is 2.09. The number of para-hydroxylation sites is 2. The lowest BCUT2D eigenvalue weighted by molar-refractivity contribution is -0.139. The third-order valence-electron chi connectivity index (χ3n) is 3.26. The van der Waals surface area contributed by atoms with Crippen molar-refractivity contribution in [2.45, 2.75) is 13.0 Å². The monoisotopic (exact) mass is 342 g/mol. The predicted octanol–water partition coefficient (Wildman–Crippen LogP) is 2.99. The number of carbonyl (C=O) groups is 1. The molecular formula is C20H22O5. The van der Waals surface area contributed by atoms with Crippen molar-refractivity contribution in [2.75, 3.05) is 19.8 Å². The number of esters is 1. The molecule has 1 atom stereocenters. The van der Waals surface area contributed by atoms with Crippen LogP contribution < -0.4 is 9.47 Å². The molecular weight excluding hydrogens is 320 g/mol. The number of aliphatic hydroxyl groups excluding tert-OH is 1. The molecule has 132 valence electrons. The van der Waals surface area contributed by atoms with Crippen LogP contribution in [0.1, 0.15) is 6.92 Å². The molecule has 1 N–H and O–H groups in total. The Bertz CT molecular complexity index is 667. The molecule has 0 aliphatic carbocycles. The Balaban J connectivity index is 1.68. The van der Waals surface area contributed by atoms with E-state index in [1.165, 1.54) is 6.08 Å². The van der Waals surface area contributed by atoms with E-state index in [0.717, 1.165) is 5.75 Å². The lowest BCUT2D eigenvalue weighted by Crippen LogP contribution is -2.18. The van der Waals surface area contributed by atoms with Gasteiger partial charge in [-0.1, -0.05) is 36.4 Å². The van der Waals surface area contributed by atoms with Crippen LogP contribution in [0.2, 0.25) is 0 Å². The average molecular weight is 342 g/mol. The van der Waals surface area contributed by atoms with Gasteiger partial charge < -0.3 is 19.3 Å². The van der Waals surface area contributed by atoms with Crippen LogP contribution in [0.3, 0.4) is 0 Å². The van der Waals surface area contributed by atoms with Crippen molar-refractivity contribution >= 4 is 5.97 Å². The van der Waals surface area contributed by atoms with Crippen molar-refractivity contribution in [1.29, 1.82) is 0 Å². The third kappa shape index (κ3) is 7.10. The molecule has 0 saturated carbocycles. The molecule has 0 fully saturated rings. The zero-order valence-corrected chi connectivity index (χ0v) is 14.1. The topological polar surface area (TPSA) is 65.0 Å². The first-order chi connectivity index (χ1) is 12.1. The molecule has 0 aliphatic heterocycles. The SMILES string of the molecule is CC(=CC(O)COc1ccccc1)C(=O)OCCOc1ccccc1. The number of aliphatic hydroxyl groups is 1. The molecule has 5 heteroatoms. The first-order valence-corrected chi connectivity index (χ1v) is 8.04. The summed E-state index contributed by atoms with van der Waals surface area (Å²) in [4.78, 5) is 11.9. The molecule has 0 heterocycles. The summed E-state index contributed by atoms with van der Waals surface area (Å²) in [6.07, 6.45) is 0.525. The van der Waals surface area contributed by atoms with Crippen LogP contribution >= 0.6 is 0 Å². The van der Waals surface area contributed by atoms with E-state index < -0.39 is 12.1 Å². The maximum atomic E-state index is 11.9. The van der Waals surface area contributed by atoms with E-state index in [4.69, 9.17) is 14.2 Å². The Morgan fingerprint density at radius 3 is 2.12 bits per heavy atom. The van der Waals surface area contributed by atoms with Gasteiger partial charge in [0.25, 0.3) is 0 Å². The van der Waals surface area contributed by atoms with Crippen LogP contribution in [0.15, 0.2) is 72.3 Å². The fourth-order valence-corrected chi connectivity index (χ4v) is 2.03. The molecule has 25 heavy (non-hydrogen) atoms. The van der Waals surface area contributed by atoms with Crippen molar-refractivity contribution in [1.82, 2.24) is 0 Å². The van der Waals surface area contributed by atoms with Crippen LogP contribution in [0, 0.1) is 0 Å². The minimum atomic E-state index is -0.895. The minimum Gasteiger partial charge on any atom is -0.491 e. The van der Waals surface area contributed by atoms with Crippen molar-refractivity contribution in [3.05, 3.63) is 72.3 Å². The Morgan fingerprint density at radius 2 is 1.52 bits per heavy atom. The zero-order chi connectivity index (χ0) is 17.9. The van der Waals surface area contributed by atoms with Crippen LogP contribution in [0.4, 0.5) is 0 Å². The average Bonchev–Trinajstić information content (AvgIpc) is 2.65. The van der Waals surface area contributed by atoms with E-state index in [0.29, 0.717) is 11.3 Å². The van der Waals surface area contributed by atoms with E-state index in [9.17, 15) is 9.90 Å². The first-order valence-electron chi connectivity index (χ1n) is 8.04. The van der Waals surface area contributed by atoms with Gasteiger partial charge >= 0.3 is 5.97 Å². The summed E-state index contributed by atoms with van der Waals surface area (Å²) < 4.78 is 16.0. The zero-order valence-electron chi connectivity index (χ0n) is 14.1. The van der Waals surface area contributed by atoms with Crippen LogP contribution in [0.5, 0.6) is 11.5 Å². The molecule has 0 spiro atoms. The molecule has 2 rings (SSSR count). The molecule has 2 aromatic rings. The number of hydrogen-bond acceptors (Lipinski definition) is 5. The fourth-order valence-electron chi connectivity index (χ4n) is 2.03. The van der Waals surface area contributed by atoms with Crippen LogP contribution in [-0.4, -0.2) is 37.0 Å². The molecule has 0 radical (unpaired) electrons. The summed E-state index contributed by atoms with van der Waals surface area (Å²) in [6, 6.07) is 18.5. The van der Waals surface area contributed by atoms with Crippen LogP contribution in [-0.2, 0) is 9.53 Å². The number of carbonyl (C=O) groups excluding carboxylic acids is 1. The van der Waals surface area contributed by atoms with Crippen molar-refractivity contribution < 1.29 is 24.1 Å². The third-order valence-corrected chi connectivity index (χ3v) is 3.26. The van der Waals surface area contributed by atoms with Crippen molar-refractivity contribution in [2.24, 2.45) is 0 Å². The van der Waals surface area contributed by atoms with Crippen molar-refractivity contribution in [3.63, 3.8) is 0 Å².